The van der Waals surface area contributed by atoms with E-state index in [-0.39, 0.29) is 5.91 Å². The van der Waals surface area contributed by atoms with Crippen LogP contribution in [0.5, 0.6) is 0 Å². The summed E-state index contributed by atoms with van der Waals surface area (Å²) in [4.78, 5) is 16.3. The molecular weight excluding hydrogens is 292 g/mol. The SMILES string of the molecule is CCCC(=O)Nc1ccc(-c2nc3ccc(C)cc3s2)cc1. The molecule has 0 aliphatic heterocycles. The second-order valence-corrected chi connectivity index (χ2v) is 6.40. The second kappa shape index (κ2) is 6.28. The van der Waals surface area contributed by atoms with Gasteiger partial charge in [0.2, 0.25) is 5.91 Å². The standard InChI is InChI=1S/C18H18N2OS/c1-3-4-17(21)19-14-8-6-13(7-9-14)18-20-15-10-5-12(2)11-16(15)22-18/h5-11H,3-4H2,1-2H3,(H,19,21). The Kier molecular flexibility index (Phi) is 4.20. The van der Waals surface area contributed by atoms with Crippen LogP contribution in [0.15, 0.2) is 42.5 Å². The van der Waals surface area contributed by atoms with Gasteiger partial charge in [0.15, 0.2) is 0 Å². The minimum absolute atomic E-state index is 0.0608. The van der Waals surface area contributed by atoms with Crippen LogP contribution >= 0.6 is 11.3 Å². The molecule has 0 saturated carbocycles. The van der Waals surface area contributed by atoms with E-state index >= 15 is 0 Å². The molecular formula is C18H18N2OS. The van der Waals surface area contributed by atoms with Crippen molar-refractivity contribution >= 4 is 33.1 Å². The number of amides is 1. The van der Waals surface area contributed by atoms with Crippen LogP contribution in [-0.2, 0) is 4.79 Å². The second-order valence-electron chi connectivity index (χ2n) is 5.37. The number of benzene rings is 2. The lowest BCUT2D eigenvalue weighted by atomic mass is 10.2. The average molecular weight is 310 g/mol. The molecule has 0 aliphatic carbocycles. The monoisotopic (exact) mass is 310 g/mol. The van der Waals surface area contributed by atoms with E-state index in [1.165, 1.54) is 10.3 Å². The predicted octanol–water partition coefficient (Wildman–Crippen LogP) is 5.01. The van der Waals surface area contributed by atoms with Crippen molar-refractivity contribution in [3.8, 4) is 10.6 Å². The first-order valence-electron chi connectivity index (χ1n) is 7.43. The number of rotatable bonds is 4. The minimum Gasteiger partial charge on any atom is -0.326 e. The fourth-order valence-corrected chi connectivity index (χ4v) is 3.37. The summed E-state index contributed by atoms with van der Waals surface area (Å²) in [6.07, 6.45) is 1.41. The van der Waals surface area contributed by atoms with Crippen molar-refractivity contribution in [1.29, 1.82) is 0 Å². The summed E-state index contributed by atoms with van der Waals surface area (Å²) >= 11 is 1.69. The molecule has 3 rings (SSSR count). The van der Waals surface area contributed by atoms with E-state index in [0.717, 1.165) is 28.2 Å². The number of nitrogens with zero attached hydrogens (tertiary/aromatic N) is 1. The highest BCUT2D eigenvalue weighted by Crippen LogP contribution is 2.31. The van der Waals surface area contributed by atoms with Gasteiger partial charge < -0.3 is 5.32 Å². The van der Waals surface area contributed by atoms with Gasteiger partial charge in [0, 0.05) is 17.7 Å². The highest BCUT2D eigenvalue weighted by molar-refractivity contribution is 7.21. The molecule has 22 heavy (non-hydrogen) atoms. The molecule has 2 aromatic carbocycles. The van der Waals surface area contributed by atoms with Crippen LogP contribution in [0, 0.1) is 6.92 Å². The third-order valence-corrected chi connectivity index (χ3v) is 4.50. The van der Waals surface area contributed by atoms with Gasteiger partial charge in [-0.1, -0.05) is 13.0 Å². The molecule has 0 unspecified atom stereocenters. The maximum Gasteiger partial charge on any atom is 0.224 e. The lowest BCUT2D eigenvalue weighted by Gasteiger charge is -2.04. The molecule has 4 heteroatoms. The fraction of sp³-hybridized carbons (Fsp3) is 0.222. The Balaban J connectivity index is 1.83. The summed E-state index contributed by atoms with van der Waals surface area (Å²) in [7, 11) is 0. The number of fused-ring (bicyclic) bond motifs is 1. The van der Waals surface area contributed by atoms with E-state index in [0.29, 0.717) is 6.42 Å². The third-order valence-electron chi connectivity index (χ3n) is 3.44. The van der Waals surface area contributed by atoms with Crippen LogP contribution in [-0.4, -0.2) is 10.9 Å². The Morgan fingerprint density at radius 1 is 1.18 bits per heavy atom. The van der Waals surface area contributed by atoms with Crippen LogP contribution in [0.3, 0.4) is 0 Å². The number of thiazole rings is 1. The van der Waals surface area contributed by atoms with E-state index in [1.54, 1.807) is 11.3 Å². The van der Waals surface area contributed by atoms with Crippen molar-refractivity contribution in [2.24, 2.45) is 0 Å². The molecule has 0 fully saturated rings. The summed E-state index contributed by atoms with van der Waals surface area (Å²) in [5, 5.41) is 3.91. The lowest BCUT2D eigenvalue weighted by molar-refractivity contribution is -0.116. The maximum atomic E-state index is 11.6. The summed E-state index contributed by atoms with van der Waals surface area (Å²) in [5.41, 5.74) is 4.19. The lowest BCUT2D eigenvalue weighted by Crippen LogP contribution is -2.10. The number of carbonyl (C=O) groups excluding carboxylic acids is 1. The highest BCUT2D eigenvalue weighted by Gasteiger charge is 2.07. The third kappa shape index (κ3) is 3.17. The van der Waals surface area contributed by atoms with Gasteiger partial charge in [-0.05, 0) is 55.3 Å². The van der Waals surface area contributed by atoms with E-state index in [9.17, 15) is 4.79 Å². The largest absolute Gasteiger partial charge is 0.326 e. The molecule has 0 radical (unpaired) electrons. The molecule has 3 nitrogen and oxygen atoms in total. The summed E-state index contributed by atoms with van der Waals surface area (Å²) in [5.74, 6) is 0.0608. The Morgan fingerprint density at radius 2 is 1.95 bits per heavy atom. The molecule has 0 saturated heterocycles. The van der Waals surface area contributed by atoms with Crippen LogP contribution in [0.2, 0.25) is 0 Å². The van der Waals surface area contributed by atoms with Gasteiger partial charge in [-0.15, -0.1) is 11.3 Å². The van der Waals surface area contributed by atoms with Gasteiger partial charge in [-0.3, -0.25) is 4.79 Å². The highest BCUT2D eigenvalue weighted by atomic mass is 32.1. The smallest absolute Gasteiger partial charge is 0.224 e. The van der Waals surface area contributed by atoms with Crippen molar-refractivity contribution in [3.05, 3.63) is 48.0 Å². The molecule has 1 heterocycles. The number of carbonyl (C=O) groups is 1. The molecule has 112 valence electrons. The molecule has 1 aromatic heterocycles. The molecule has 1 amide bonds. The minimum atomic E-state index is 0.0608. The van der Waals surface area contributed by atoms with Gasteiger partial charge in [-0.2, -0.15) is 0 Å². The van der Waals surface area contributed by atoms with Crippen LogP contribution in [0.25, 0.3) is 20.8 Å². The maximum absolute atomic E-state index is 11.6. The number of nitrogens with one attached hydrogen (secondary N) is 1. The zero-order valence-corrected chi connectivity index (χ0v) is 13.5. The summed E-state index contributed by atoms with van der Waals surface area (Å²) < 4.78 is 1.20. The van der Waals surface area contributed by atoms with Crippen molar-refractivity contribution in [1.82, 2.24) is 4.98 Å². The van der Waals surface area contributed by atoms with Gasteiger partial charge >= 0.3 is 0 Å². The van der Waals surface area contributed by atoms with Crippen molar-refractivity contribution in [3.63, 3.8) is 0 Å². The molecule has 0 spiro atoms. The van der Waals surface area contributed by atoms with Gasteiger partial charge in [-0.25, -0.2) is 4.98 Å². The van der Waals surface area contributed by atoms with Crippen molar-refractivity contribution < 1.29 is 4.79 Å². The van der Waals surface area contributed by atoms with E-state index in [1.807, 2.05) is 31.2 Å². The molecule has 1 N–H and O–H groups in total. The Hall–Kier alpha value is -2.20. The molecule has 0 bridgehead atoms. The van der Waals surface area contributed by atoms with Crippen LogP contribution in [0.1, 0.15) is 25.3 Å². The first-order valence-corrected chi connectivity index (χ1v) is 8.25. The predicted molar refractivity (Wildman–Crippen MR) is 93.3 cm³/mol. The fourth-order valence-electron chi connectivity index (χ4n) is 2.30. The first-order chi connectivity index (χ1) is 10.7. The molecule has 3 aromatic rings. The topological polar surface area (TPSA) is 42.0 Å². The van der Waals surface area contributed by atoms with E-state index in [4.69, 9.17) is 0 Å². The van der Waals surface area contributed by atoms with E-state index in [2.05, 4.69) is 35.4 Å². The zero-order valence-electron chi connectivity index (χ0n) is 12.7. The molecule has 0 atom stereocenters. The van der Waals surface area contributed by atoms with Crippen LogP contribution in [0.4, 0.5) is 5.69 Å². The number of aromatic nitrogens is 1. The van der Waals surface area contributed by atoms with Crippen molar-refractivity contribution in [2.45, 2.75) is 26.7 Å². The van der Waals surface area contributed by atoms with Gasteiger partial charge in [0.1, 0.15) is 5.01 Å². The quantitative estimate of drug-likeness (QED) is 0.736. The summed E-state index contributed by atoms with van der Waals surface area (Å²) in [6, 6.07) is 14.2. The Labute approximate surface area is 134 Å². The Morgan fingerprint density at radius 3 is 2.68 bits per heavy atom. The van der Waals surface area contributed by atoms with Crippen LogP contribution < -0.4 is 5.32 Å². The number of aryl methyl sites for hydroxylation is 1. The normalized spacial score (nSPS) is 10.8. The summed E-state index contributed by atoms with van der Waals surface area (Å²) in [6.45, 7) is 4.09. The number of anilines is 1. The van der Waals surface area contributed by atoms with Crippen molar-refractivity contribution in [2.75, 3.05) is 5.32 Å². The Bertz CT molecular complexity index is 806. The molecule has 0 aliphatic rings. The van der Waals surface area contributed by atoms with Gasteiger partial charge in [0.05, 0.1) is 10.2 Å². The average Bonchev–Trinajstić information content (AvgIpc) is 2.91. The zero-order chi connectivity index (χ0) is 15.5. The van der Waals surface area contributed by atoms with E-state index < -0.39 is 0 Å². The van der Waals surface area contributed by atoms with Gasteiger partial charge in [0.25, 0.3) is 0 Å². The first kappa shape index (κ1) is 14.7. The number of hydrogen-bond donors (Lipinski definition) is 1. The number of hydrogen-bond acceptors (Lipinski definition) is 3.